The number of benzene rings is 2. The van der Waals surface area contributed by atoms with Gasteiger partial charge in [0.2, 0.25) is 15.9 Å². The third-order valence-corrected chi connectivity index (χ3v) is 7.11. The number of hydrogen-bond acceptors (Lipinski definition) is 5. The second kappa shape index (κ2) is 8.32. The number of nitrogens with zero attached hydrogens (tertiary/aromatic N) is 1. The average Bonchev–Trinajstić information content (AvgIpc) is 3.31. The highest BCUT2D eigenvalue weighted by atomic mass is 32.2. The van der Waals surface area contributed by atoms with E-state index < -0.39 is 15.8 Å². The average molecular weight is 444 g/mol. The van der Waals surface area contributed by atoms with Gasteiger partial charge in [-0.25, -0.2) is 17.9 Å². The molecule has 0 atom stereocenters. The van der Waals surface area contributed by atoms with Crippen molar-refractivity contribution in [1.29, 1.82) is 0 Å². The minimum absolute atomic E-state index is 0.0348. The molecule has 0 radical (unpaired) electrons. The Balaban J connectivity index is 1.56. The van der Waals surface area contributed by atoms with E-state index in [1.165, 1.54) is 22.8 Å². The van der Waals surface area contributed by atoms with Crippen molar-refractivity contribution < 1.29 is 17.6 Å². The zero-order valence-electron chi connectivity index (χ0n) is 17.5. The summed E-state index contributed by atoms with van der Waals surface area (Å²) in [5.74, 6) is -1.09. The van der Waals surface area contributed by atoms with Crippen LogP contribution < -0.4 is 15.8 Å². The van der Waals surface area contributed by atoms with Crippen LogP contribution in [0.5, 0.6) is 0 Å². The minimum atomic E-state index is -3.71. The number of sulfonamides is 1. The third kappa shape index (κ3) is 4.57. The fourth-order valence-electron chi connectivity index (χ4n) is 3.90. The second-order valence-electron chi connectivity index (χ2n) is 8.05. The molecule has 1 aromatic heterocycles. The van der Waals surface area contributed by atoms with Crippen molar-refractivity contribution in [1.82, 2.24) is 9.29 Å². The number of oxazole rings is 1. The minimum Gasteiger partial charge on any atom is -0.408 e. The number of fused-ring (bicyclic) bond motifs is 1. The molecule has 31 heavy (non-hydrogen) atoms. The summed E-state index contributed by atoms with van der Waals surface area (Å²) in [7, 11) is -3.71. The lowest BCUT2D eigenvalue weighted by Gasteiger charge is -2.12. The summed E-state index contributed by atoms with van der Waals surface area (Å²) in [5.41, 5.74) is 3.08. The maximum absolute atomic E-state index is 12.7. The van der Waals surface area contributed by atoms with Gasteiger partial charge in [0.05, 0.1) is 10.4 Å². The molecule has 4 rings (SSSR count). The fourth-order valence-corrected chi connectivity index (χ4v) is 5.22. The summed E-state index contributed by atoms with van der Waals surface area (Å²) in [4.78, 5) is 24.9. The van der Waals surface area contributed by atoms with Crippen molar-refractivity contribution in [2.24, 2.45) is 0 Å². The first-order valence-electron chi connectivity index (χ1n) is 10.3. The number of aromatic nitrogens is 1. The number of carbonyl (C=O) groups is 1. The van der Waals surface area contributed by atoms with Crippen LogP contribution in [-0.4, -0.2) is 24.9 Å². The first kappa shape index (κ1) is 21.3. The molecule has 0 saturated heterocycles. The number of rotatable bonds is 6. The molecule has 1 aliphatic rings. The fraction of sp³-hybridized carbons (Fsp3) is 0.364. The summed E-state index contributed by atoms with van der Waals surface area (Å²) in [6.45, 7) is 3.57. The van der Waals surface area contributed by atoms with Crippen molar-refractivity contribution in [2.75, 3.05) is 5.32 Å². The zero-order valence-corrected chi connectivity index (χ0v) is 18.3. The molecule has 2 aromatic carbocycles. The number of nitrogens with one attached hydrogen (secondary N) is 2. The molecular weight excluding hydrogens is 418 g/mol. The van der Waals surface area contributed by atoms with Crippen LogP contribution in [-0.2, 0) is 21.4 Å². The van der Waals surface area contributed by atoms with Crippen LogP contribution in [0, 0.1) is 13.8 Å². The Labute approximate surface area is 180 Å². The van der Waals surface area contributed by atoms with Crippen molar-refractivity contribution >= 4 is 32.7 Å². The van der Waals surface area contributed by atoms with Crippen molar-refractivity contribution in [3.8, 4) is 0 Å². The monoisotopic (exact) mass is 443 g/mol. The first-order chi connectivity index (χ1) is 14.7. The predicted octanol–water partition coefficient (Wildman–Crippen LogP) is 3.07. The molecule has 2 N–H and O–H groups in total. The molecule has 1 amide bonds. The van der Waals surface area contributed by atoms with E-state index in [1.807, 2.05) is 32.0 Å². The number of hydrogen-bond donors (Lipinski definition) is 2. The lowest BCUT2D eigenvalue weighted by molar-refractivity contribution is -0.116. The molecule has 9 heteroatoms. The largest absolute Gasteiger partial charge is 0.420 e. The highest BCUT2D eigenvalue weighted by molar-refractivity contribution is 7.89. The molecule has 0 bridgehead atoms. The quantitative estimate of drug-likeness (QED) is 0.608. The van der Waals surface area contributed by atoms with Crippen LogP contribution in [0.4, 0.5) is 5.69 Å². The van der Waals surface area contributed by atoms with Gasteiger partial charge in [-0.15, -0.1) is 0 Å². The van der Waals surface area contributed by atoms with Gasteiger partial charge in [-0.05, 0) is 56.0 Å². The SMILES string of the molecule is Cc1ccc(C)c(NC(=O)Cn2c(=O)oc3cc(S(=O)(=O)NC4CCCC4)ccc32)c1. The number of anilines is 1. The van der Waals surface area contributed by atoms with E-state index in [-0.39, 0.29) is 29.0 Å². The van der Waals surface area contributed by atoms with Gasteiger partial charge in [0.1, 0.15) is 6.54 Å². The Morgan fingerprint density at radius 3 is 2.61 bits per heavy atom. The zero-order chi connectivity index (χ0) is 22.2. The summed E-state index contributed by atoms with van der Waals surface area (Å²) >= 11 is 0. The Hall–Kier alpha value is -2.91. The van der Waals surface area contributed by atoms with E-state index in [9.17, 15) is 18.0 Å². The topological polar surface area (TPSA) is 110 Å². The standard InChI is InChI=1S/C22H25N3O5S/c1-14-7-8-15(2)18(11-14)23-21(26)13-25-19-10-9-17(12-20(19)30-22(25)27)31(28,29)24-16-5-3-4-6-16/h7-12,16,24H,3-6,13H2,1-2H3,(H,23,26). The highest BCUT2D eigenvalue weighted by Gasteiger charge is 2.24. The van der Waals surface area contributed by atoms with E-state index in [2.05, 4.69) is 10.0 Å². The molecule has 1 aliphatic carbocycles. The van der Waals surface area contributed by atoms with E-state index in [1.54, 1.807) is 0 Å². The van der Waals surface area contributed by atoms with Gasteiger partial charge in [-0.2, -0.15) is 0 Å². The molecule has 0 unspecified atom stereocenters. The van der Waals surface area contributed by atoms with E-state index in [0.29, 0.717) is 11.2 Å². The number of aryl methyl sites for hydroxylation is 2. The predicted molar refractivity (Wildman–Crippen MR) is 118 cm³/mol. The van der Waals surface area contributed by atoms with Gasteiger partial charge in [0.25, 0.3) is 0 Å². The Bertz CT molecular complexity index is 1300. The molecule has 1 fully saturated rings. The molecule has 0 spiro atoms. The molecule has 3 aromatic rings. The van der Waals surface area contributed by atoms with Crippen LogP contribution in [0.3, 0.4) is 0 Å². The first-order valence-corrected chi connectivity index (χ1v) is 11.7. The van der Waals surface area contributed by atoms with Gasteiger partial charge < -0.3 is 9.73 Å². The van der Waals surface area contributed by atoms with Crippen LogP contribution >= 0.6 is 0 Å². The number of carbonyl (C=O) groups excluding carboxylic acids is 1. The smallest absolute Gasteiger partial charge is 0.408 e. The lowest BCUT2D eigenvalue weighted by atomic mass is 10.1. The Morgan fingerprint density at radius 1 is 1.13 bits per heavy atom. The summed E-state index contributed by atoms with van der Waals surface area (Å²) < 4.78 is 34.5. The number of amides is 1. The molecule has 1 saturated carbocycles. The molecule has 8 nitrogen and oxygen atoms in total. The molecule has 164 valence electrons. The van der Waals surface area contributed by atoms with E-state index >= 15 is 0 Å². The lowest BCUT2D eigenvalue weighted by Crippen LogP contribution is -2.32. The van der Waals surface area contributed by atoms with Gasteiger partial charge in [-0.1, -0.05) is 25.0 Å². The van der Waals surface area contributed by atoms with Crippen molar-refractivity contribution in [3.63, 3.8) is 0 Å². The van der Waals surface area contributed by atoms with Crippen LogP contribution in [0.15, 0.2) is 50.5 Å². The van der Waals surface area contributed by atoms with Crippen LogP contribution in [0.25, 0.3) is 11.1 Å². The van der Waals surface area contributed by atoms with Gasteiger partial charge in [-0.3, -0.25) is 9.36 Å². The Kier molecular flexibility index (Phi) is 5.72. The maximum atomic E-state index is 12.7. The molecule has 0 aliphatic heterocycles. The van der Waals surface area contributed by atoms with E-state index in [4.69, 9.17) is 4.42 Å². The van der Waals surface area contributed by atoms with Gasteiger partial charge in [0.15, 0.2) is 5.58 Å². The molecular formula is C22H25N3O5S. The summed E-state index contributed by atoms with van der Waals surface area (Å²) in [5, 5.41) is 2.81. The Morgan fingerprint density at radius 2 is 1.87 bits per heavy atom. The third-order valence-electron chi connectivity index (χ3n) is 5.60. The summed E-state index contributed by atoms with van der Waals surface area (Å²) in [6, 6.07) is 9.90. The maximum Gasteiger partial charge on any atom is 0.420 e. The summed E-state index contributed by atoms with van der Waals surface area (Å²) in [6.07, 6.45) is 3.66. The van der Waals surface area contributed by atoms with Crippen molar-refractivity contribution in [3.05, 3.63) is 58.1 Å². The van der Waals surface area contributed by atoms with Crippen LogP contribution in [0.1, 0.15) is 36.8 Å². The van der Waals surface area contributed by atoms with Gasteiger partial charge in [0, 0.05) is 17.8 Å². The normalized spacial score (nSPS) is 14.9. The van der Waals surface area contributed by atoms with Crippen molar-refractivity contribution in [2.45, 2.75) is 57.0 Å². The van der Waals surface area contributed by atoms with Crippen LogP contribution in [0.2, 0.25) is 0 Å². The highest BCUT2D eigenvalue weighted by Crippen LogP contribution is 2.23. The second-order valence-corrected chi connectivity index (χ2v) is 9.77. The molecule has 1 heterocycles. The van der Waals surface area contributed by atoms with E-state index in [0.717, 1.165) is 36.8 Å². The van der Waals surface area contributed by atoms with Gasteiger partial charge >= 0.3 is 5.76 Å².